The van der Waals surface area contributed by atoms with Crippen LogP contribution in [0, 0.1) is 5.82 Å². The van der Waals surface area contributed by atoms with E-state index in [0.29, 0.717) is 12.2 Å². The van der Waals surface area contributed by atoms with Gasteiger partial charge in [0.15, 0.2) is 0 Å². The predicted molar refractivity (Wildman–Crippen MR) is 95.7 cm³/mol. The summed E-state index contributed by atoms with van der Waals surface area (Å²) < 4.78 is 14.6. The third kappa shape index (κ3) is 2.83. The molecule has 1 aromatic heterocycles. The number of amides is 1. The van der Waals surface area contributed by atoms with Gasteiger partial charge in [-0.15, -0.1) is 11.3 Å². The summed E-state index contributed by atoms with van der Waals surface area (Å²) in [6, 6.07) is 12.5. The summed E-state index contributed by atoms with van der Waals surface area (Å²) in [6.45, 7) is 0.611. The minimum absolute atomic E-state index is 0.138. The number of thiazole rings is 1. The second-order valence-corrected chi connectivity index (χ2v) is 6.78. The number of hydrogen-bond acceptors (Lipinski definition) is 3. The third-order valence-electron chi connectivity index (χ3n) is 4.11. The largest absolute Gasteiger partial charge is 0.308 e. The highest BCUT2D eigenvalue weighted by atomic mass is 32.1. The number of nitrogens with zero attached hydrogens (tertiary/aromatic N) is 2. The Kier molecular flexibility index (Phi) is 3.86. The Bertz CT molecular complexity index is 914. The van der Waals surface area contributed by atoms with Gasteiger partial charge in [-0.3, -0.25) is 4.79 Å². The molecule has 0 atom stereocenters. The van der Waals surface area contributed by atoms with Gasteiger partial charge in [-0.05, 0) is 48.7 Å². The molecule has 120 valence electrons. The molecule has 5 heteroatoms. The lowest BCUT2D eigenvalue weighted by atomic mass is 10.0. The molecule has 0 spiro atoms. The topological polar surface area (TPSA) is 33.2 Å². The van der Waals surface area contributed by atoms with Crippen molar-refractivity contribution in [3.05, 3.63) is 64.9 Å². The van der Waals surface area contributed by atoms with Gasteiger partial charge in [0.2, 0.25) is 0 Å². The fraction of sp³-hybridized carbons (Fsp3) is 0.158. The molecule has 2 heterocycles. The van der Waals surface area contributed by atoms with Crippen molar-refractivity contribution in [3.63, 3.8) is 0 Å². The lowest BCUT2D eigenvalue weighted by Gasteiger charge is -2.28. The van der Waals surface area contributed by atoms with E-state index in [-0.39, 0.29) is 11.7 Å². The smallest absolute Gasteiger partial charge is 0.251 e. The molecule has 1 amide bonds. The van der Waals surface area contributed by atoms with Crippen LogP contribution in [-0.4, -0.2) is 17.4 Å². The van der Waals surface area contributed by atoms with Crippen LogP contribution < -0.4 is 4.90 Å². The zero-order valence-electron chi connectivity index (χ0n) is 12.9. The van der Waals surface area contributed by atoms with E-state index in [1.54, 1.807) is 28.4 Å². The molecule has 0 unspecified atom stereocenters. The van der Waals surface area contributed by atoms with E-state index in [1.807, 2.05) is 24.3 Å². The van der Waals surface area contributed by atoms with Gasteiger partial charge in [0.05, 0.1) is 15.9 Å². The number of fused-ring (bicyclic) bond motifs is 2. The zero-order chi connectivity index (χ0) is 16.5. The highest BCUT2D eigenvalue weighted by Crippen LogP contribution is 2.28. The minimum atomic E-state index is -0.316. The van der Waals surface area contributed by atoms with E-state index in [2.05, 4.69) is 4.98 Å². The number of para-hydroxylation sites is 1. The van der Waals surface area contributed by atoms with Gasteiger partial charge in [0.1, 0.15) is 10.8 Å². The number of carbonyl (C=O) groups is 1. The fourth-order valence-corrected chi connectivity index (χ4v) is 3.84. The van der Waals surface area contributed by atoms with Crippen LogP contribution in [0.4, 0.5) is 10.1 Å². The number of aryl methyl sites for hydroxylation is 1. The maximum absolute atomic E-state index is 13.5. The number of benzene rings is 2. The van der Waals surface area contributed by atoms with Gasteiger partial charge in [-0.1, -0.05) is 18.2 Å². The molecule has 0 aliphatic carbocycles. The van der Waals surface area contributed by atoms with Crippen molar-refractivity contribution < 1.29 is 9.18 Å². The number of carbonyl (C=O) groups excluding carboxylic acids is 1. The number of rotatable bonds is 2. The maximum atomic E-state index is 13.5. The number of hydrogen-bond donors (Lipinski definition) is 0. The second-order valence-electron chi connectivity index (χ2n) is 5.72. The van der Waals surface area contributed by atoms with E-state index in [9.17, 15) is 9.18 Å². The van der Waals surface area contributed by atoms with E-state index in [0.717, 1.165) is 33.6 Å². The molecular formula is C19H15FN2OS. The van der Waals surface area contributed by atoms with Crippen LogP contribution in [0.2, 0.25) is 0 Å². The zero-order valence-corrected chi connectivity index (χ0v) is 13.7. The molecule has 3 aromatic rings. The first-order valence-electron chi connectivity index (χ1n) is 7.84. The molecule has 4 rings (SSSR count). The Morgan fingerprint density at radius 2 is 2.12 bits per heavy atom. The van der Waals surface area contributed by atoms with Crippen LogP contribution in [0.3, 0.4) is 0 Å². The second kappa shape index (κ2) is 6.17. The molecule has 0 N–H and O–H groups in total. The normalized spacial score (nSPS) is 14.3. The Balaban J connectivity index is 1.59. The highest BCUT2D eigenvalue weighted by molar-refractivity contribution is 7.19. The van der Waals surface area contributed by atoms with Crippen molar-refractivity contribution in [2.75, 3.05) is 11.4 Å². The first-order chi connectivity index (χ1) is 11.7. The molecule has 0 saturated heterocycles. The summed E-state index contributed by atoms with van der Waals surface area (Å²) in [5.74, 6) is -0.454. The lowest BCUT2D eigenvalue weighted by Crippen LogP contribution is -2.34. The van der Waals surface area contributed by atoms with Crippen molar-refractivity contribution in [3.8, 4) is 0 Å². The van der Waals surface area contributed by atoms with E-state index in [4.69, 9.17) is 0 Å². The summed E-state index contributed by atoms with van der Waals surface area (Å²) in [6.07, 6.45) is 5.03. The van der Waals surface area contributed by atoms with Crippen LogP contribution in [-0.2, 0) is 11.2 Å². The van der Waals surface area contributed by atoms with Crippen molar-refractivity contribution in [2.45, 2.75) is 12.8 Å². The summed E-state index contributed by atoms with van der Waals surface area (Å²) in [7, 11) is 0. The molecule has 3 nitrogen and oxygen atoms in total. The Hall–Kier alpha value is -2.53. The van der Waals surface area contributed by atoms with Crippen LogP contribution in [0.5, 0.6) is 0 Å². The molecule has 0 saturated carbocycles. The van der Waals surface area contributed by atoms with E-state index in [1.165, 1.54) is 18.2 Å². The Morgan fingerprint density at radius 1 is 1.25 bits per heavy atom. The summed E-state index contributed by atoms with van der Waals surface area (Å²) >= 11 is 1.55. The molecule has 1 aliphatic heterocycles. The van der Waals surface area contributed by atoms with Crippen LogP contribution >= 0.6 is 11.3 Å². The average molecular weight is 338 g/mol. The molecule has 0 bridgehead atoms. The molecule has 0 radical (unpaired) electrons. The van der Waals surface area contributed by atoms with E-state index >= 15 is 0 Å². The molecule has 0 fully saturated rings. The van der Waals surface area contributed by atoms with Gasteiger partial charge in [0, 0.05) is 12.6 Å². The predicted octanol–water partition coefficient (Wildman–Crippen LogP) is 4.43. The minimum Gasteiger partial charge on any atom is -0.308 e. The molecule has 2 aromatic carbocycles. The first-order valence-corrected chi connectivity index (χ1v) is 8.66. The summed E-state index contributed by atoms with van der Waals surface area (Å²) in [5, 5.41) is 0.793. The number of halogens is 1. The van der Waals surface area contributed by atoms with Crippen LogP contribution in [0.25, 0.3) is 16.3 Å². The quantitative estimate of drug-likeness (QED) is 0.648. The molecule has 24 heavy (non-hydrogen) atoms. The van der Waals surface area contributed by atoms with Crippen molar-refractivity contribution in [1.82, 2.24) is 4.98 Å². The fourth-order valence-electron chi connectivity index (χ4n) is 2.97. The van der Waals surface area contributed by atoms with E-state index < -0.39 is 0 Å². The SMILES string of the molecule is O=C(/C=C/c1nc2ccccc2s1)N1CCCc2ccc(F)cc21. The van der Waals surface area contributed by atoms with Crippen molar-refractivity contribution in [2.24, 2.45) is 0 Å². The molecular weight excluding hydrogens is 323 g/mol. The van der Waals surface area contributed by atoms with Gasteiger partial charge < -0.3 is 4.90 Å². The number of anilines is 1. The summed E-state index contributed by atoms with van der Waals surface area (Å²) in [5.41, 5.74) is 2.63. The third-order valence-corrected chi connectivity index (χ3v) is 5.11. The average Bonchev–Trinajstić information content (AvgIpc) is 3.02. The van der Waals surface area contributed by atoms with Crippen LogP contribution in [0.15, 0.2) is 48.5 Å². The number of aromatic nitrogens is 1. The molecule has 1 aliphatic rings. The van der Waals surface area contributed by atoms with Crippen LogP contribution in [0.1, 0.15) is 17.0 Å². The van der Waals surface area contributed by atoms with Gasteiger partial charge in [-0.2, -0.15) is 0 Å². The van der Waals surface area contributed by atoms with Gasteiger partial charge in [-0.25, -0.2) is 9.37 Å². The first kappa shape index (κ1) is 15.0. The Labute approximate surface area is 143 Å². The van der Waals surface area contributed by atoms with Gasteiger partial charge in [0.25, 0.3) is 5.91 Å². The maximum Gasteiger partial charge on any atom is 0.251 e. The van der Waals surface area contributed by atoms with Crippen molar-refractivity contribution in [1.29, 1.82) is 0 Å². The Morgan fingerprint density at radius 3 is 3.00 bits per heavy atom. The highest BCUT2D eigenvalue weighted by Gasteiger charge is 2.21. The lowest BCUT2D eigenvalue weighted by molar-refractivity contribution is -0.114. The standard InChI is InChI=1S/C19H15FN2OS/c20-14-8-7-13-4-3-11-22(16(13)12-14)19(23)10-9-18-21-15-5-1-2-6-17(15)24-18/h1-2,5-10,12H,3-4,11H2/b10-9+. The van der Waals surface area contributed by atoms with Gasteiger partial charge >= 0.3 is 0 Å². The summed E-state index contributed by atoms with van der Waals surface area (Å²) in [4.78, 5) is 18.7. The van der Waals surface area contributed by atoms with Crippen molar-refractivity contribution >= 4 is 39.2 Å². The monoisotopic (exact) mass is 338 g/mol.